The lowest BCUT2D eigenvalue weighted by Crippen LogP contribution is -2.39. The molecular formula is C10H17N3O2S. The van der Waals surface area contributed by atoms with Gasteiger partial charge in [0.05, 0.1) is 23.5 Å². The summed E-state index contributed by atoms with van der Waals surface area (Å²) in [6, 6.07) is 0.0786. The van der Waals surface area contributed by atoms with Gasteiger partial charge in [0.25, 0.3) is 0 Å². The third kappa shape index (κ3) is 2.82. The number of hydrogen-bond donors (Lipinski definition) is 2. The lowest BCUT2D eigenvalue weighted by molar-refractivity contribution is 0.477. The van der Waals surface area contributed by atoms with E-state index < -0.39 is 9.84 Å². The van der Waals surface area contributed by atoms with Crippen molar-refractivity contribution in [2.75, 3.05) is 11.5 Å². The lowest BCUT2D eigenvalue weighted by Gasteiger charge is -2.22. The van der Waals surface area contributed by atoms with Crippen molar-refractivity contribution >= 4 is 9.84 Å². The Morgan fingerprint density at radius 3 is 3.06 bits per heavy atom. The van der Waals surface area contributed by atoms with Gasteiger partial charge in [-0.2, -0.15) is 0 Å². The van der Waals surface area contributed by atoms with Crippen LogP contribution in [0, 0.1) is 6.92 Å². The monoisotopic (exact) mass is 243 g/mol. The Balaban J connectivity index is 1.89. The summed E-state index contributed by atoms with van der Waals surface area (Å²) in [5.74, 6) is 0.600. The van der Waals surface area contributed by atoms with Crippen molar-refractivity contribution in [3.8, 4) is 0 Å². The van der Waals surface area contributed by atoms with Crippen molar-refractivity contribution in [3.05, 3.63) is 17.7 Å². The molecule has 1 aromatic heterocycles. The molecule has 1 aliphatic heterocycles. The molecule has 6 heteroatoms. The molecule has 0 aromatic carbocycles. The minimum atomic E-state index is -2.82. The number of aromatic amines is 1. The van der Waals surface area contributed by atoms with Crippen LogP contribution in [0.2, 0.25) is 0 Å². The van der Waals surface area contributed by atoms with E-state index in [1.807, 2.05) is 6.92 Å². The number of imidazole rings is 1. The summed E-state index contributed by atoms with van der Waals surface area (Å²) >= 11 is 0. The van der Waals surface area contributed by atoms with E-state index in [2.05, 4.69) is 15.3 Å². The fourth-order valence-electron chi connectivity index (χ4n) is 1.99. The second-order valence-corrected chi connectivity index (χ2v) is 6.54. The van der Waals surface area contributed by atoms with Crippen LogP contribution in [0.25, 0.3) is 0 Å². The highest BCUT2D eigenvalue weighted by Gasteiger charge is 2.24. The maximum absolute atomic E-state index is 11.4. The summed E-state index contributed by atoms with van der Waals surface area (Å²) < 4.78 is 22.9. The minimum Gasteiger partial charge on any atom is -0.348 e. The van der Waals surface area contributed by atoms with E-state index in [4.69, 9.17) is 0 Å². The Bertz CT molecular complexity index is 452. The maximum Gasteiger partial charge on any atom is 0.151 e. The van der Waals surface area contributed by atoms with E-state index in [0.717, 1.165) is 24.2 Å². The molecule has 2 rings (SSSR count). The zero-order valence-corrected chi connectivity index (χ0v) is 10.2. The molecule has 1 atom stereocenters. The molecule has 90 valence electrons. The molecule has 2 N–H and O–H groups in total. The van der Waals surface area contributed by atoms with Gasteiger partial charge in [-0.15, -0.1) is 0 Å². The quantitative estimate of drug-likeness (QED) is 0.805. The van der Waals surface area contributed by atoms with Crippen LogP contribution in [0.3, 0.4) is 0 Å². The summed E-state index contributed by atoms with van der Waals surface area (Å²) in [7, 11) is -2.82. The van der Waals surface area contributed by atoms with Gasteiger partial charge in [0.15, 0.2) is 9.84 Å². The Labute approximate surface area is 95.6 Å². The predicted octanol–water partition coefficient (Wildman–Crippen LogP) is 0.385. The van der Waals surface area contributed by atoms with Crippen molar-refractivity contribution < 1.29 is 8.42 Å². The van der Waals surface area contributed by atoms with Crippen LogP contribution < -0.4 is 5.32 Å². The van der Waals surface area contributed by atoms with Crippen molar-refractivity contribution in [2.45, 2.75) is 32.4 Å². The van der Waals surface area contributed by atoms with E-state index in [-0.39, 0.29) is 11.8 Å². The van der Waals surface area contributed by atoms with E-state index in [1.54, 1.807) is 6.33 Å². The first-order valence-corrected chi connectivity index (χ1v) is 7.31. The van der Waals surface area contributed by atoms with Crippen LogP contribution in [0.5, 0.6) is 0 Å². The van der Waals surface area contributed by atoms with Gasteiger partial charge in [0.2, 0.25) is 0 Å². The van der Waals surface area contributed by atoms with E-state index in [1.165, 1.54) is 0 Å². The standard InChI is InChI=1S/C10H17N3O2S/c1-8-10(13-7-12-8)5-11-9-3-2-4-16(14,15)6-9/h7,9,11H,2-6H2,1H3,(H,12,13). The fourth-order valence-corrected chi connectivity index (χ4v) is 3.66. The van der Waals surface area contributed by atoms with Crippen molar-refractivity contribution in [1.29, 1.82) is 0 Å². The van der Waals surface area contributed by atoms with Crippen LogP contribution in [0.4, 0.5) is 0 Å². The predicted molar refractivity (Wildman–Crippen MR) is 61.8 cm³/mol. The number of aryl methyl sites for hydroxylation is 1. The molecule has 16 heavy (non-hydrogen) atoms. The molecule has 2 heterocycles. The Hall–Kier alpha value is -0.880. The van der Waals surface area contributed by atoms with Gasteiger partial charge in [-0.3, -0.25) is 0 Å². The van der Waals surface area contributed by atoms with Crippen LogP contribution in [0.1, 0.15) is 24.2 Å². The Kier molecular flexibility index (Phi) is 3.30. The van der Waals surface area contributed by atoms with Gasteiger partial charge in [-0.25, -0.2) is 13.4 Å². The van der Waals surface area contributed by atoms with Crippen molar-refractivity contribution in [2.24, 2.45) is 0 Å². The normalized spacial score (nSPS) is 24.4. The second kappa shape index (κ2) is 4.55. The third-order valence-electron chi connectivity index (χ3n) is 2.96. The first-order chi connectivity index (χ1) is 7.57. The summed E-state index contributed by atoms with van der Waals surface area (Å²) in [6.07, 6.45) is 3.35. The van der Waals surface area contributed by atoms with Crippen LogP contribution in [0.15, 0.2) is 6.33 Å². The van der Waals surface area contributed by atoms with E-state index in [9.17, 15) is 8.42 Å². The molecule has 0 spiro atoms. The molecule has 1 aromatic rings. The zero-order valence-electron chi connectivity index (χ0n) is 9.36. The van der Waals surface area contributed by atoms with Crippen molar-refractivity contribution in [1.82, 2.24) is 15.3 Å². The molecule has 1 fully saturated rings. The molecule has 1 aliphatic rings. The molecule has 5 nitrogen and oxygen atoms in total. The van der Waals surface area contributed by atoms with Crippen LogP contribution >= 0.6 is 0 Å². The molecule has 0 saturated carbocycles. The summed E-state index contributed by atoms with van der Waals surface area (Å²) in [4.78, 5) is 7.17. The molecule has 1 saturated heterocycles. The highest BCUT2D eigenvalue weighted by molar-refractivity contribution is 7.91. The molecular weight excluding hydrogens is 226 g/mol. The zero-order chi connectivity index (χ0) is 11.6. The number of H-pyrrole nitrogens is 1. The molecule has 0 radical (unpaired) electrons. The van der Waals surface area contributed by atoms with E-state index >= 15 is 0 Å². The lowest BCUT2D eigenvalue weighted by atomic mass is 10.2. The van der Waals surface area contributed by atoms with Gasteiger partial charge < -0.3 is 10.3 Å². The summed E-state index contributed by atoms with van der Waals surface area (Å²) in [5.41, 5.74) is 1.99. The number of rotatable bonds is 3. The van der Waals surface area contributed by atoms with Crippen molar-refractivity contribution in [3.63, 3.8) is 0 Å². The van der Waals surface area contributed by atoms with Crippen LogP contribution in [-0.4, -0.2) is 35.9 Å². The van der Waals surface area contributed by atoms with Gasteiger partial charge in [0, 0.05) is 18.3 Å². The second-order valence-electron chi connectivity index (χ2n) is 4.31. The minimum absolute atomic E-state index is 0.0786. The van der Waals surface area contributed by atoms with E-state index in [0.29, 0.717) is 12.3 Å². The number of nitrogens with one attached hydrogen (secondary N) is 2. The van der Waals surface area contributed by atoms with Gasteiger partial charge in [0.1, 0.15) is 0 Å². The van der Waals surface area contributed by atoms with Gasteiger partial charge in [-0.1, -0.05) is 0 Å². The SMILES string of the molecule is Cc1[nH]cnc1CNC1CCCS(=O)(=O)C1. The third-order valence-corrected chi connectivity index (χ3v) is 4.78. The maximum atomic E-state index is 11.4. The molecule has 0 bridgehead atoms. The fraction of sp³-hybridized carbons (Fsp3) is 0.700. The number of nitrogens with zero attached hydrogens (tertiary/aromatic N) is 1. The average Bonchev–Trinajstić information content (AvgIpc) is 2.60. The molecule has 0 aliphatic carbocycles. The summed E-state index contributed by atoms with van der Waals surface area (Å²) in [5, 5.41) is 3.26. The van der Waals surface area contributed by atoms with Gasteiger partial charge >= 0.3 is 0 Å². The first kappa shape index (κ1) is 11.6. The average molecular weight is 243 g/mol. The molecule has 1 unspecified atom stereocenters. The Morgan fingerprint density at radius 1 is 1.62 bits per heavy atom. The Morgan fingerprint density at radius 2 is 2.44 bits per heavy atom. The number of aromatic nitrogens is 2. The number of hydrogen-bond acceptors (Lipinski definition) is 4. The van der Waals surface area contributed by atoms with Gasteiger partial charge in [-0.05, 0) is 19.8 Å². The summed E-state index contributed by atoms with van der Waals surface area (Å²) in [6.45, 7) is 2.59. The highest BCUT2D eigenvalue weighted by Crippen LogP contribution is 2.12. The topological polar surface area (TPSA) is 74.8 Å². The first-order valence-electron chi connectivity index (χ1n) is 5.49. The number of sulfone groups is 1. The highest BCUT2D eigenvalue weighted by atomic mass is 32.2. The smallest absolute Gasteiger partial charge is 0.151 e. The molecule has 0 amide bonds. The van der Waals surface area contributed by atoms with Crippen LogP contribution in [-0.2, 0) is 16.4 Å². The largest absolute Gasteiger partial charge is 0.348 e.